The minimum atomic E-state index is -1.27. The molecule has 0 bridgehead atoms. The van der Waals surface area contributed by atoms with E-state index >= 15 is 0 Å². The van der Waals surface area contributed by atoms with Gasteiger partial charge in [0.15, 0.2) is 5.78 Å². The summed E-state index contributed by atoms with van der Waals surface area (Å²) < 4.78 is -0.506. The highest BCUT2D eigenvalue weighted by atomic mass is 79.9. The summed E-state index contributed by atoms with van der Waals surface area (Å²) in [6.45, 7) is 1.90. The van der Waals surface area contributed by atoms with Gasteiger partial charge in [0.25, 0.3) is 0 Å². The van der Waals surface area contributed by atoms with Crippen molar-refractivity contribution in [1.82, 2.24) is 0 Å². The van der Waals surface area contributed by atoms with Gasteiger partial charge in [-0.2, -0.15) is 0 Å². The first-order valence-corrected chi connectivity index (χ1v) is 12.6. The first kappa shape index (κ1) is 25.3. The van der Waals surface area contributed by atoms with E-state index < -0.39 is 16.2 Å². The van der Waals surface area contributed by atoms with Crippen molar-refractivity contribution in [2.24, 2.45) is 5.92 Å². The zero-order chi connectivity index (χ0) is 24.8. The number of anilines is 2. The van der Waals surface area contributed by atoms with Crippen LogP contribution in [0, 0.1) is 12.8 Å². The van der Waals surface area contributed by atoms with E-state index in [1.54, 1.807) is 36.4 Å². The first-order chi connectivity index (χ1) is 16.0. The molecule has 34 heavy (non-hydrogen) atoms. The van der Waals surface area contributed by atoms with Crippen molar-refractivity contribution >= 4 is 85.4 Å². The Morgan fingerprint density at radius 2 is 1.79 bits per heavy atom. The Labute approximate surface area is 225 Å². The number of nitrogens with two attached hydrogens (primary N) is 1. The largest absolute Gasteiger partial charge is 0.399 e. The number of aryl methyl sites for hydroxylation is 1. The number of Topliss-reactive ketones (excluding diaryl/α,β-unsaturated/α-hetero) is 1. The lowest BCUT2D eigenvalue weighted by Crippen LogP contribution is -2.17. The van der Waals surface area contributed by atoms with Crippen LogP contribution in [0.4, 0.5) is 11.4 Å². The van der Waals surface area contributed by atoms with Crippen molar-refractivity contribution in [2.45, 2.75) is 23.6 Å². The molecule has 0 saturated heterocycles. The molecule has 4 rings (SSSR count). The summed E-state index contributed by atoms with van der Waals surface area (Å²) in [5.74, 6) is -1.64. The third-order valence-electron chi connectivity index (χ3n) is 5.83. The highest BCUT2D eigenvalue weighted by Gasteiger charge is 2.67. The van der Waals surface area contributed by atoms with Gasteiger partial charge in [-0.05, 0) is 72.1 Å². The Morgan fingerprint density at radius 1 is 1.06 bits per heavy atom. The van der Waals surface area contributed by atoms with Crippen molar-refractivity contribution in [2.75, 3.05) is 11.1 Å². The first-order valence-electron chi connectivity index (χ1n) is 10.3. The zero-order valence-corrected chi connectivity index (χ0v) is 22.5. The second-order valence-electron chi connectivity index (χ2n) is 8.30. The molecular weight excluding hydrogens is 582 g/mol. The lowest BCUT2D eigenvalue weighted by molar-refractivity contribution is -0.117. The smallest absolute Gasteiger partial charge is 0.231 e. The van der Waals surface area contributed by atoms with Gasteiger partial charge in [-0.3, -0.25) is 9.59 Å². The van der Waals surface area contributed by atoms with Gasteiger partial charge >= 0.3 is 0 Å². The fourth-order valence-corrected chi connectivity index (χ4v) is 5.98. The molecule has 1 fully saturated rings. The molecule has 2 unspecified atom stereocenters. The van der Waals surface area contributed by atoms with Crippen LogP contribution in [-0.4, -0.2) is 16.0 Å². The molecule has 0 aromatic heterocycles. The van der Waals surface area contributed by atoms with Crippen LogP contribution in [0.1, 0.15) is 33.0 Å². The molecule has 1 saturated carbocycles. The molecule has 3 N–H and O–H groups in total. The van der Waals surface area contributed by atoms with E-state index in [4.69, 9.17) is 52.1 Å². The Balaban J connectivity index is 1.52. The van der Waals surface area contributed by atoms with Gasteiger partial charge in [-0.25, -0.2) is 0 Å². The highest BCUT2D eigenvalue weighted by Crippen LogP contribution is 2.65. The van der Waals surface area contributed by atoms with E-state index in [9.17, 15) is 9.59 Å². The molecule has 0 spiro atoms. The van der Waals surface area contributed by atoms with Crippen molar-refractivity contribution < 1.29 is 9.59 Å². The molecule has 0 heterocycles. The Bertz CT molecular complexity index is 1290. The molecule has 3 aromatic carbocycles. The normalized spacial score (nSPS) is 18.4. The third kappa shape index (κ3) is 5.24. The van der Waals surface area contributed by atoms with Crippen molar-refractivity contribution in [3.8, 4) is 0 Å². The average molecular weight is 601 g/mol. The summed E-state index contributed by atoms with van der Waals surface area (Å²) in [5.41, 5.74) is 9.70. The molecule has 0 aliphatic heterocycles. The predicted octanol–water partition coefficient (Wildman–Crippen LogP) is 7.60. The second kappa shape index (κ2) is 9.71. The number of ketones is 1. The number of nitrogens with one attached hydrogen (secondary N) is 1. The number of rotatable bonds is 6. The van der Waals surface area contributed by atoms with Crippen LogP contribution < -0.4 is 11.1 Å². The third-order valence-corrected chi connectivity index (χ3v) is 7.78. The molecule has 1 aliphatic carbocycles. The predicted molar refractivity (Wildman–Crippen MR) is 144 cm³/mol. The van der Waals surface area contributed by atoms with Crippen LogP contribution in [0.5, 0.6) is 0 Å². The monoisotopic (exact) mass is 598 g/mol. The van der Waals surface area contributed by atoms with Gasteiger partial charge in [0.05, 0.1) is 10.9 Å². The van der Waals surface area contributed by atoms with Gasteiger partial charge < -0.3 is 11.1 Å². The maximum absolute atomic E-state index is 13.0. The summed E-state index contributed by atoms with van der Waals surface area (Å²) in [4.78, 5) is 26.0. The molecule has 1 aliphatic rings. The van der Waals surface area contributed by atoms with Gasteiger partial charge in [-0.1, -0.05) is 45.2 Å². The summed E-state index contributed by atoms with van der Waals surface area (Å²) in [5, 5.41) is 3.62. The SMILES string of the molecule is Cc1cc(N)ccc1CC(=O)c1cc(NC(=O)C2C(c3cc(Cl)cc(Br)c3)C2(Cl)Cl)ccc1Cl. The molecule has 0 radical (unpaired) electrons. The molecular formula is C25H19BrCl4N2O2. The number of hydrogen-bond donors (Lipinski definition) is 2. The number of amides is 1. The minimum Gasteiger partial charge on any atom is -0.399 e. The number of nitrogen functional groups attached to an aromatic ring is 1. The molecule has 1 amide bonds. The van der Waals surface area contributed by atoms with Crippen LogP contribution in [0.25, 0.3) is 0 Å². The van der Waals surface area contributed by atoms with Crippen molar-refractivity contribution in [3.63, 3.8) is 0 Å². The van der Waals surface area contributed by atoms with E-state index in [-0.39, 0.29) is 18.1 Å². The van der Waals surface area contributed by atoms with Crippen LogP contribution in [0.3, 0.4) is 0 Å². The van der Waals surface area contributed by atoms with Gasteiger partial charge in [-0.15, -0.1) is 23.2 Å². The molecule has 176 valence electrons. The van der Waals surface area contributed by atoms with Gasteiger partial charge in [0.1, 0.15) is 4.33 Å². The van der Waals surface area contributed by atoms with E-state index in [2.05, 4.69) is 21.2 Å². The summed E-state index contributed by atoms with van der Waals surface area (Å²) in [6.07, 6.45) is 0.157. The van der Waals surface area contributed by atoms with Crippen LogP contribution >= 0.6 is 62.3 Å². The lowest BCUT2D eigenvalue weighted by Gasteiger charge is -2.10. The van der Waals surface area contributed by atoms with Gasteiger partial charge in [0.2, 0.25) is 5.91 Å². The number of carbonyl (C=O) groups is 2. The summed E-state index contributed by atoms with van der Waals surface area (Å²) in [7, 11) is 0. The Morgan fingerprint density at radius 3 is 2.47 bits per heavy atom. The fraction of sp³-hybridized carbons (Fsp3) is 0.200. The standard InChI is InChI=1S/C25H19BrCl4N2O2/c1-12-6-17(31)3-2-13(12)9-21(33)19-11-18(4-5-20(19)28)32-24(34)23-22(25(23,29)30)14-7-15(26)10-16(27)8-14/h2-8,10-11,22-23H,9,31H2,1H3,(H,32,34). The van der Waals surface area contributed by atoms with E-state index in [0.717, 1.165) is 21.2 Å². The minimum absolute atomic E-state index is 0.157. The quantitative estimate of drug-likeness (QED) is 0.174. The van der Waals surface area contributed by atoms with Crippen LogP contribution in [0.15, 0.2) is 59.1 Å². The number of carbonyl (C=O) groups excluding carboxylic acids is 2. The summed E-state index contributed by atoms with van der Waals surface area (Å²) in [6, 6.07) is 15.5. The number of benzene rings is 3. The topological polar surface area (TPSA) is 72.2 Å². The number of hydrogen-bond acceptors (Lipinski definition) is 3. The maximum atomic E-state index is 13.0. The molecule has 4 nitrogen and oxygen atoms in total. The van der Waals surface area contributed by atoms with Crippen LogP contribution in [-0.2, 0) is 11.2 Å². The molecule has 2 atom stereocenters. The van der Waals surface area contributed by atoms with E-state index in [1.165, 1.54) is 0 Å². The molecule has 9 heteroatoms. The average Bonchev–Trinajstić information content (AvgIpc) is 3.33. The van der Waals surface area contributed by atoms with Crippen molar-refractivity contribution in [1.29, 1.82) is 0 Å². The second-order valence-corrected chi connectivity index (χ2v) is 11.5. The van der Waals surface area contributed by atoms with Gasteiger partial charge in [0, 0.05) is 38.8 Å². The number of halogens is 5. The highest BCUT2D eigenvalue weighted by molar-refractivity contribution is 9.10. The fourth-order valence-electron chi connectivity index (χ4n) is 4.04. The van der Waals surface area contributed by atoms with E-state index in [0.29, 0.717) is 27.0 Å². The van der Waals surface area contributed by atoms with Crippen LogP contribution in [0.2, 0.25) is 10.0 Å². The number of alkyl halides is 2. The Kier molecular flexibility index (Phi) is 7.24. The van der Waals surface area contributed by atoms with Crippen molar-refractivity contribution in [3.05, 3.63) is 91.4 Å². The maximum Gasteiger partial charge on any atom is 0.231 e. The lowest BCUT2D eigenvalue weighted by atomic mass is 9.98. The molecule has 3 aromatic rings. The zero-order valence-electron chi connectivity index (χ0n) is 17.8. The van der Waals surface area contributed by atoms with E-state index in [1.807, 2.05) is 25.1 Å². The Hall–Kier alpha value is -1.76. The summed E-state index contributed by atoms with van der Waals surface area (Å²) >= 11 is 28.8.